The minimum atomic E-state index is -2.58. The lowest BCUT2D eigenvalue weighted by molar-refractivity contribution is -0.123. The van der Waals surface area contributed by atoms with Gasteiger partial charge in [0.25, 0.3) is 6.43 Å². The van der Waals surface area contributed by atoms with Crippen LogP contribution in [0.2, 0.25) is 0 Å². The Labute approximate surface area is 101 Å². The van der Waals surface area contributed by atoms with Gasteiger partial charge < -0.3 is 15.7 Å². The van der Waals surface area contributed by atoms with Crippen LogP contribution in [0, 0.1) is 0 Å². The number of rotatable bonds is 8. The maximum atomic E-state index is 12.4. The Morgan fingerprint density at radius 2 is 1.88 bits per heavy atom. The normalized spacial score (nSPS) is 13.8. The molecule has 0 radical (unpaired) electrons. The van der Waals surface area contributed by atoms with Crippen LogP contribution in [-0.2, 0) is 4.79 Å². The Balaban J connectivity index is 4.10. The van der Waals surface area contributed by atoms with E-state index in [2.05, 4.69) is 10.6 Å². The molecule has 0 aromatic carbocycles. The van der Waals surface area contributed by atoms with Crippen molar-refractivity contribution in [1.29, 1.82) is 0 Å². The van der Waals surface area contributed by atoms with Crippen LogP contribution in [-0.4, -0.2) is 42.7 Å². The van der Waals surface area contributed by atoms with Crippen LogP contribution in [0.5, 0.6) is 0 Å². The number of halogens is 2. The Morgan fingerprint density at radius 1 is 1.35 bits per heavy atom. The molecule has 0 bridgehead atoms. The molecule has 0 aliphatic carbocycles. The van der Waals surface area contributed by atoms with Gasteiger partial charge in [-0.05, 0) is 19.9 Å². The van der Waals surface area contributed by atoms with E-state index >= 15 is 0 Å². The van der Waals surface area contributed by atoms with E-state index in [1.165, 1.54) is 7.05 Å². The van der Waals surface area contributed by atoms with Crippen molar-refractivity contribution in [2.75, 3.05) is 13.6 Å². The Hall–Kier alpha value is -0.750. The molecule has 0 heterocycles. The van der Waals surface area contributed by atoms with Crippen molar-refractivity contribution >= 4 is 5.91 Å². The van der Waals surface area contributed by atoms with E-state index in [9.17, 15) is 18.7 Å². The van der Waals surface area contributed by atoms with Gasteiger partial charge in [0.15, 0.2) is 0 Å². The summed E-state index contributed by atoms with van der Waals surface area (Å²) < 4.78 is 24.7. The molecule has 1 atom stereocenters. The average Bonchev–Trinajstić information content (AvgIpc) is 2.32. The maximum absolute atomic E-state index is 12.4. The molecule has 6 heteroatoms. The second kappa shape index (κ2) is 7.55. The summed E-state index contributed by atoms with van der Waals surface area (Å²) in [5, 5.41) is 14.8. The van der Waals surface area contributed by atoms with Gasteiger partial charge in [-0.3, -0.25) is 4.79 Å². The number of carbonyl (C=O) groups is 1. The highest BCUT2D eigenvalue weighted by molar-refractivity contribution is 5.76. The molecule has 1 amide bonds. The first kappa shape index (κ1) is 16.2. The summed E-state index contributed by atoms with van der Waals surface area (Å²) in [5.74, 6) is -0.482. The van der Waals surface area contributed by atoms with Gasteiger partial charge in [-0.25, -0.2) is 8.78 Å². The third kappa shape index (κ3) is 5.93. The fourth-order valence-corrected chi connectivity index (χ4v) is 1.35. The van der Waals surface area contributed by atoms with Crippen LogP contribution >= 0.6 is 0 Å². The Bertz CT molecular complexity index is 234. The van der Waals surface area contributed by atoms with Gasteiger partial charge in [-0.2, -0.15) is 0 Å². The van der Waals surface area contributed by atoms with Gasteiger partial charge in [-0.1, -0.05) is 13.8 Å². The van der Waals surface area contributed by atoms with Crippen LogP contribution < -0.4 is 10.6 Å². The lowest BCUT2D eigenvalue weighted by atomic mass is 9.97. The van der Waals surface area contributed by atoms with Crippen molar-refractivity contribution in [3.05, 3.63) is 0 Å². The lowest BCUT2D eigenvalue weighted by Gasteiger charge is -2.25. The molecule has 0 aliphatic rings. The lowest BCUT2D eigenvalue weighted by Crippen LogP contribution is -2.44. The smallest absolute Gasteiger partial charge is 0.254 e. The molecule has 4 nitrogen and oxygen atoms in total. The monoisotopic (exact) mass is 252 g/mol. The molecule has 0 aromatic rings. The minimum Gasteiger partial charge on any atom is -0.388 e. The first-order chi connectivity index (χ1) is 7.88. The van der Waals surface area contributed by atoms with Gasteiger partial charge in [0, 0.05) is 13.0 Å². The number of hydrogen-bond acceptors (Lipinski definition) is 3. The first-order valence-electron chi connectivity index (χ1n) is 5.83. The Kier molecular flexibility index (Phi) is 7.22. The average molecular weight is 252 g/mol. The van der Waals surface area contributed by atoms with E-state index in [1.54, 1.807) is 0 Å². The van der Waals surface area contributed by atoms with Crippen molar-refractivity contribution in [2.45, 2.75) is 51.2 Å². The molecule has 0 rings (SSSR count). The number of carbonyl (C=O) groups excluding carboxylic acids is 1. The molecule has 3 N–H and O–H groups in total. The van der Waals surface area contributed by atoms with Gasteiger partial charge >= 0.3 is 0 Å². The van der Waals surface area contributed by atoms with Crippen LogP contribution in [0.3, 0.4) is 0 Å². The highest BCUT2D eigenvalue weighted by Crippen LogP contribution is 2.13. The quantitative estimate of drug-likeness (QED) is 0.601. The molecule has 1 unspecified atom stereocenters. The summed E-state index contributed by atoms with van der Waals surface area (Å²) in [6, 6.07) is -1.15. The van der Waals surface area contributed by atoms with E-state index < -0.39 is 24.0 Å². The van der Waals surface area contributed by atoms with E-state index in [4.69, 9.17) is 0 Å². The zero-order valence-corrected chi connectivity index (χ0v) is 10.6. The third-order valence-corrected chi connectivity index (χ3v) is 3.01. The van der Waals surface area contributed by atoms with E-state index in [0.717, 1.165) is 0 Å². The summed E-state index contributed by atoms with van der Waals surface area (Å²) in [6.45, 7) is 3.72. The number of hydrogen-bond donors (Lipinski definition) is 3. The zero-order chi connectivity index (χ0) is 13.5. The molecular formula is C11H22F2N2O2. The van der Waals surface area contributed by atoms with E-state index in [1.807, 2.05) is 13.8 Å². The van der Waals surface area contributed by atoms with Crippen molar-refractivity contribution in [3.63, 3.8) is 0 Å². The SMILES string of the molecule is CCC(O)(CC)CNC(=O)CC(NC)C(F)F. The molecule has 0 saturated heterocycles. The van der Waals surface area contributed by atoms with Gasteiger partial charge in [0.2, 0.25) is 5.91 Å². The second-order valence-electron chi connectivity index (χ2n) is 4.14. The predicted molar refractivity (Wildman–Crippen MR) is 62.0 cm³/mol. The summed E-state index contributed by atoms with van der Waals surface area (Å²) >= 11 is 0. The topological polar surface area (TPSA) is 61.4 Å². The summed E-state index contributed by atoms with van der Waals surface area (Å²) in [5.41, 5.74) is -0.949. The number of nitrogens with one attached hydrogen (secondary N) is 2. The van der Waals surface area contributed by atoms with E-state index in [-0.39, 0.29) is 13.0 Å². The minimum absolute atomic E-state index is 0.0957. The molecule has 0 fully saturated rings. The molecular weight excluding hydrogens is 230 g/mol. The fraction of sp³-hybridized carbons (Fsp3) is 0.909. The largest absolute Gasteiger partial charge is 0.388 e. The van der Waals surface area contributed by atoms with Crippen molar-refractivity contribution in [3.8, 4) is 0 Å². The molecule has 0 spiro atoms. The van der Waals surface area contributed by atoms with Crippen LogP contribution in [0.4, 0.5) is 8.78 Å². The summed E-state index contributed by atoms with van der Waals surface area (Å²) in [7, 11) is 1.39. The van der Waals surface area contributed by atoms with Crippen LogP contribution in [0.1, 0.15) is 33.1 Å². The highest BCUT2D eigenvalue weighted by atomic mass is 19.3. The molecule has 102 valence electrons. The molecule has 0 saturated carbocycles. The predicted octanol–water partition coefficient (Wildman–Crippen LogP) is 0.897. The van der Waals surface area contributed by atoms with Crippen molar-refractivity contribution in [1.82, 2.24) is 10.6 Å². The number of alkyl halides is 2. The van der Waals surface area contributed by atoms with Gasteiger partial charge in [0.05, 0.1) is 11.6 Å². The van der Waals surface area contributed by atoms with Crippen LogP contribution in [0.15, 0.2) is 0 Å². The van der Waals surface area contributed by atoms with Gasteiger partial charge in [0.1, 0.15) is 0 Å². The number of aliphatic hydroxyl groups is 1. The Morgan fingerprint density at radius 3 is 2.24 bits per heavy atom. The highest BCUT2D eigenvalue weighted by Gasteiger charge is 2.25. The first-order valence-corrected chi connectivity index (χ1v) is 5.83. The second-order valence-corrected chi connectivity index (χ2v) is 4.14. The summed E-state index contributed by atoms with van der Waals surface area (Å²) in [4.78, 5) is 11.4. The molecule has 0 aromatic heterocycles. The van der Waals surface area contributed by atoms with Crippen molar-refractivity contribution in [2.24, 2.45) is 0 Å². The third-order valence-electron chi connectivity index (χ3n) is 3.01. The van der Waals surface area contributed by atoms with E-state index in [0.29, 0.717) is 12.8 Å². The number of amides is 1. The van der Waals surface area contributed by atoms with Crippen LogP contribution in [0.25, 0.3) is 0 Å². The van der Waals surface area contributed by atoms with Gasteiger partial charge in [-0.15, -0.1) is 0 Å². The molecule has 17 heavy (non-hydrogen) atoms. The standard InChI is InChI=1S/C11H22F2N2O2/c1-4-11(17,5-2)7-15-9(16)6-8(14-3)10(12)13/h8,10,14,17H,4-7H2,1-3H3,(H,15,16). The summed E-state index contributed by atoms with van der Waals surface area (Å²) in [6.07, 6.45) is -1.86. The zero-order valence-electron chi connectivity index (χ0n) is 10.6. The van der Waals surface area contributed by atoms with Crippen molar-refractivity contribution < 1.29 is 18.7 Å². The maximum Gasteiger partial charge on any atom is 0.254 e. The fourth-order valence-electron chi connectivity index (χ4n) is 1.35. The molecule has 0 aliphatic heterocycles.